The van der Waals surface area contributed by atoms with Crippen LogP contribution in [0, 0.1) is 0 Å². The first-order chi connectivity index (χ1) is 9.60. The Labute approximate surface area is 121 Å². The van der Waals surface area contributed by atoms with E-state index in [1.165, 1.54) is 5.56 Å². The number of hydrogen-bond acceptors (Lipinski definition) is 3. The van der Waals surface area contributed by atoms with Gasteiger partial charge in [-0.2, -0.15) is 10.2 Å². The summed E-state index contributed by atoms with van der Waals surface area (Å²) in [6, 6.07) is 2.80. The van der Waals surface area contributed by atoms with Crippen LogP contribution in [0.5, 0.6) is 0 Å². The third kappa shape index (κ3) is 3.70. The van der Waals surface area contributed by atoms with Gasteiger partial charge in [0, 0.05) is 30.0 Å². The third-order valence-corrected chi connectivity index (χ3v) is 3.37. The molecule has 1 atom stereocenters. The predicted molar refractivity (Wildman–Crippen MR) is 80.6 cm³/mol. The summed E-state index contributed by atoms with van der Waals surface area (Å²) in [7, 11) is 0. The molecule has 2 aromatic heterocycles. The molecule has 20 heavy (non-hydrogen) atoms. The van der Waals surface area contributed by atoms with E-state index in [0.717, 1.165) is 25.2 Å². The van der Waals surface area contributed by atoms with Crippen molar-refractivity contribution in [3.05, 3.63) is 35.9 Å². The molecule has 1 unspecified atom stereocenters. The van der Waals surface area contributed by atoms with Crippen molar-refractivity contribution in [1.82, 2.24) is 24.9 Å². The zero-order valence-electron chi connectivity index (χ0n) is 12.9. The van der Waals surface area contributed by atoms with E-state index < -0.39 is 0 Å². The molecule has 5 nitrogen and oxygen atoms in total. The summed E-state index contributed by atoms with van der Waals surface area (Å²) < 4.78 is 3.93. The van der Waals surface area contributed by atoms with Crippen molar-refractivity contribution in [1.29, 1.82) is 0 Å². The lowest BCUT2D eigenvalue weighted by Gasteiger charge is -2.10. The van der Waals surface area contributed by atoms with Gasteiger partial charge < -0.3 is 5.32 Å². The molecule has 0 radical (unpaired) electrons. The first kappa shape index (κ1) is 14.8. The molecule has 2 heterocycles. The smallest absolute Gasteiger partial charge is 0.0849 e. The maximum Gasteiger partial charge on any atom is 0.0849 e. The van der Waals surface area contributed by atoms with Crippen molar-refractivity contribution in [2.75, 3.05) is 6.54 Å². The predicted octanol–water partition coefficient (Wildman–Crippen LogP) is 2.77. The number of nitrogens with zero attached hydrogens (tertiary/aromatic N) is 4. The maximum atomic E-state index is 4.55. The summed E-state index contributed by atoms with van der Waals surface area (Å²) in [5.41, 5.74) is 2.27. The Hall–Kier alpha value is -1.62. The normalized spacial score (nSPS) is 13.1. The van der Waals surface area contributed by atoms with Gasteiger partial charge in [-0.05, 0) is 39.8 Å². The summed E-state index contributed by atoms with van der Waals surface area (Å²) in [5, 5.41) is 12.4. The van der Waals surface area contributed by atoms with Gasteiger partial charge in [0.25, 0.3) is 0 Å². The topological polar surface area (TPSA) is 47.7 Å². The summed E-state index contributed by atoms with van der Waals surface area (Å²) >= 11 is 0. The van der Waals surface area contributed by atoms with Gasteiger partial charge in [-0.25, -0.2) is 0 Å². The molecule has 0 aliphatic carbocycles. The highest BCUT2D eigenvalue weighted by molar-refractivity contribution is 5.10. The first-order valence-corrected chi connectivity index (χ1v) is 7.40. The Balaban J connectivity index is 1.98. The van der Waals surface area contributed by atoms with Crippen LogP contribution in [0.2, 0.25) is 0 Å². The number of hydrogen-bond donors (Lipinski definition) is 1. The zero-order chi connectivity index (χ0) is 14.5. The van der Waals surface area contributed by atoms with Crippen molar-refractivity contribution < 1.29 is 0 Å². The Morgan fingerprint density at radius 3 is 2.75 bits per heavy atom. The Bertz CT molecular complexity index is 526. The quantitative estimate of drug-likeness (QED) is 0.845. The molecule has 2 rings (SSSR count). The van der Waals surface area contributed by atoms with Gasteiger partial charge >= 0.3 is 0 Å². The van der Waals surface area contributed by atoms with Crippen molar-refractivity contribution in [2.24, 2.45) is 0 Å². The largest absolute Gasteiger partial charge is 0.310 e. The Morgan fingerprint density at radius 1 is 1.30 bits per heavy atom. The van der Waals surface area contributed by atoms with E-state index in [-0.39, 0.29) is 0 Å². The van der Waals surface area contributed by atoms with Crippen LogP contribution in [0.4, 0.5) is 0 Å². The van der Waals surface area contributed by atoms with Crippen LogP contribution in [-0.2, 0) is 6.54 Å². The van der Waals surface area contributed by atoms with Gasteiger partial charge in [-0.3, -0.25) is 9.36 Å². The molecule has 0 bridgehead atoms. The van der Waals surface area contributed by atoms with Crippen molar-refractivity contribution >= 4 is 0 Å². The lowest BCUT2D eigenvalue weighted by molar-refractivity contribution is 0.520. The average Bonchev–Trinajstić information content (AvgIpc) is 3.05. The van der Waals surface area contributed by atoms with Crippen LogP contribution < -0.4 is 5.32 Å². The third-order valence-electron chi connectivity index (χ3n) is 3.37. The molecule has 0 saturated carbocycles. The van der Waals surface area contributed by atoms with E-state index >= 15 is 0 Å². The van der Waals surface area contributed by atoms with E-state index in [4.69, 9.17) is 0 Å². The Kier molecular flexibility index (Phi) is 4.95. The fourth-order valence-corrected chi connectivity index (χ4v) is 2.08. The minimum absolute atomic E-state index is 0.344. The minimum atomic E-state index is 0.344. The second kappa shape index (κ2) is 6.70. The van der Waals surface area contributed by atoms with E-state index in [0.29, 0.717) is 12.1 Å². The van der Waals surface area contributed by atoms with Crippen molar-refractivity contribution in [3.8, 4) is 0 Å². The second-order valence-corrected chi connectivity index (χ2v) is 5.53. The van der Waals surface area contributed by atoms with E-state index in [9.17, 15) is 0 Å². The van der Waals surface area contributed by atoms with Crippen LogP contribution in [0.1, 0.15) is 57.5 Å². The summed E-state index contributed by atoms with van der Waals surface area (Å²) in [6.45, 7) is 10.4. The van der Waals surface area contributed by atoms with Gasteiger partial charge in [0.1, 0.15) is 0 Å². The summed E-state index contributed by atoms with van der Waals surface area (Å²) in [5.74, 6) is 0. The van der Waals surface area contributed by atoms with Crippen molar-refractivity contribution in [2.45, 2.75) is 52.7 Å². The zero-order valence-corrected chi connectivity index (χ0v) is 12.9. The molecular formula is C15H25N5. The highest BCUT2D eigenvalue weighted by Crippen LogP contribution is 2.12. The first-order valence-electron chi connectivity index (χ1n) is 7.40. The molecule has 0 saturated heterocycles. The van der Waals surface area contributed by atoms with Crippen LogP contribution in [-0.4, -0.2) is 26.1 Å². The molecule has 0 spiro atoms. The van der Waals surface area contributed by atoms with Crippen LogP contribution in [0.25, 0.3) is 0 Å². The molecule has 0 aliphatic rings. The molecule has 0 aliphatic heterocycles. The van der Waals surface area contributed by atoms with Gasteiger partial charge in [-0.1, -0.05) is 6.92 Å². The highest BCUT2D eigenvalue weighted by Gasteiger charge is 2.08. The van der Waals surface area contributed by atoms with E-state index in [1.54, 1.807) is 0 Å². The van der Waals surface area contributed by atoms with Gasteiger partial charge in [0.05, 0.1) is 18.4 Å². The highest BCUT2D eigenvalue weighted by atomic mass is 15.3. The number of nitrogens with one attached hydrogen (secondary N) is 1. The standard InChI is InChI=1S/C15H25N5/c1-5-7-16-13(4)14-9-17-19(10-14)11-15-6-8-20(18-15)12(2)3/h6,8-10,12-13,16H,5,7,11H2,1-4H3. The average molecular weight is 275 g/mol. The summed E-state index contributed by atoms with van der Waals surface area (Å²) in [6.07, 6.45) is 7.20. The lowest BCUT2D eigenvalue weighted by atomic mass is 10.2. The fraction of sp³-hybridized carbons (Fsp3) is 0.600. The van der Waals surface area contributed by atoms with E-state index in [1.807, 2.05) is 21.8 Å². The molecule has 5 heteroatoms. The number of aromatic nitrogens is 4. The molecule has 110 valence electrons. The second-order valence-electron chi connectivity index (χ2n) is 5.53. The van der Waals surface area contributed by atoms with Crippen molar-refractivity contribution in [3.63, 3.8) is 0 Å². The van der Waals surface area contributed by atoms with Gasteiger partial charge in [0.2, 0.25) is 0 Å². The monoisotopic (exact) mass is 275 g/mol. The van der Waals surface area contributed by atoms with Crippen LogP contribution in [0.15, 0.2) is 24.7 Å². The number of rotatable bonds is 7. The van der Waals surface area contributed by atoms with Gasteiger partial charge in [-0.15, -0.1) is 0 Å². The van der Waals surface area contributed by atoms with Gasteiger partial charge in [0.15, 0.2) is 0 Å². The van der Waals surface area contributed by atoms with Crippen LogP contribution >= 0.6 is 0 Å². The molecular weight excluding hydrogens is 250 g/mol. The molecule has 0 amide bonds. The maximum absolute atomic E-state index is 4.55. The van der Waals surface area contributed by atoms with Crippen LogP contribution in [0.3, 0.4) is 0 Å². The SMILES string of the molecule is CCCNC(C)c1cnn(Cc2ccn(C(C)C)n2)c1. The molecule has 0 fully saturated rings. The molecule has 1 N–H and O–H groups in total. The Morgan fingerprint density at radius 2 is 2.10 bits per heavy atom. The minimum Gasteiger partial charge on any atom is -0.310 e. The molecule has 0 aromatic carbocycles. The van der Waals surface area contributed by atoms with E-state index in [2.05, 4.69) is 55.5 Å². The summed E-state index contributed by atoms with van der Waals surface area (Å²) in [4.78, 5) is 0. The fourth-order valence-electron chi connectivity index (χ4n) is 2.08. The lowest BCUT2D eigenvalue weighted by Crippen LogP contribution is -2.18. The molecule has 2 aromatic rings.